The summed E-state index contributed by atoms with van der Waals surface area (Å²) in [7, 11) is 1.67. The van der Waals surface area contributed by atoms with Crippen LogP contribution in [-0.2, 0) is 16.8 Å². The highest BCUT2D eigenvalue weighted by atomic mass is 16.5. The molecule has 2 atom stereocenters. The number of benzene rings is 1. The number of carbonyl (C=O) groups excluding carboxylic acids is 1. The highest BCUT2D eigenvalue weighted by Gasteiger charge is 2.33. The molecule has 1 aliphatic heterocycles. The van der Waals surface area contributed by atoms with Gasteiger partial charge < -0.3 is 14.7 Å². The Kier molecular flexibility index (Phi) is 6.15. The molecule has 28 heavy (non-hydrogen) atoms. The van der Waals surface area contributed by atoms with Crippen LogP contribution in [0.4, 0.5) is 0 Å². The molecule has 0 radical (unpaired) electrons. The molecule has 7 heteroatoms. The molecule has 1 fully saturated rings. The van der Waals surface area contributed by atoms with E-state index in [2.05, 4.69) is 17.1 Å². The first-order valence-corrected chi connectivity index (χ1v) is 9.83. The van der Waals surface area contributed by atoms with E-state index in [0.717, 1.165) is 24.0 Å². The van der Waals surface area contributed by atoms with Crippen LogP contribution in [0, 0.1) is 0 Å². The van der Waals surface area contributed by atoms with E-state index in [1.165, 1.54) is 0 Å². The number of carbonyl (C=O) groups is 1. The van der Waals surface area contributed by atoms with Gasteiger partial charge in [-0.25, -0.2) is 0 Å². The van der Waals surface area contributed by atoms with E-state index in [0.29, 0.717) is 25.3 Å². The van der Waals surface area contributed by atoms with Gasteiger partial charge in [0.25, 0.3) is 5.91 Å². The van der Waals surface area contributed by atoms with Crippen LogP contribution in [0.15, 0.2) is 30.5 Å². The summed E-state index contributed by atoms with van der Waals surface area (Å²) in [5.74, 6) is 0.0405. The number of likely N-dealkylation sites (tertiary alicyclic amines) is 1. The maximum Gasteiger partial charge on any atom is 0.254 e. The molecule has 1 N–H and O–H groups in total. The fourth-order valence-electron chi connectivity index (χ4n) is 3.61. The van der Waals surface area contributed by atoms with Crippen LogP contribution in [0.1, 0.15) is 61.3 Å². The molecule has 7 nitrogen and oxygen atoms in total. The zero-order valence-corrected chi connectivity index (χ0v) is 17.1. The molecule has 0 bridgehead atoms. The lowest BCUT2D eigenvalue weighted by Crippen LogP contribution is -2.46. The molecule has 2 heterocycles. The summed E-state index contributed by atoms with van der Waals surface area (Å²) < 4.78 is 5.19. The predicted molar refractivity (Wildman–Crippen MR) is 106 cm³/mol. The number of aromatic nitrogens is 3. The Morgan fingerprint density at radius 3 is 2.75 bits per heavy atom. The van der Waals surface area contributed by atoms with Crippen molar-refractivity contribution < 1.29 is 14.6 Å². The Hall–Kier alpha value is -2.25. The van der Waals surface area contributed by atoms with E-state index in [1.54, 1.807) is 32.0 Å². The predicted octanol–water partition coefficient (Wildman–Crippen LogP) is 2.56. The topological polar surface area (TPSA) is 80.5 Å². The first-order valence-electron chi connectivity index (χ1n) is 9.83. The minimum Gasteiger partial charge on any atom is -0.384 e. The van der Waals surface area contributed by atoms with E-state index in [4.69, 9.17) is 4.74 Å². The van der Waals surface area contributed by atoms with Gasteiger partial charge in [0, 0.05) is 25.3 Å². The average Bonchev–Trinajstić information content (AvgIpc) is 3.17. The summed E-state index contributed by atoms with van der Waals surface area (Å²) >= 11 is 0. The smallest absolute Gasteiger partial charge is 0.254 e. The van der Waals surface area contributed by atoms with E-state index >= 15 is 0 Å². The molecule has 0 unspecified atom stereocenters. The highest BCUT2D eigenvalue weighted by Crippen LogP contribution is 2.28. The number of rotatable bonds is 6. The van der Waals surface area contributed by atoms with Crippen LogP contribution in [-0.4, -0.2) is 57.2 Å². The Morgan fingerprint density at radius 2 is 2.07 bits per heavy atom. The summed E-state index contributed by atoms with van der Waals surface area (Å²) in [5.41, 5.74) is 1.24. The minimum absolute atomic E-state index is 0.00221. The third kappa shape index (κ3) is 4.42. The molecule has 3 rings (SSSR count). The van der Waals surface area contributed by atoms with Crippen LogP contribution in [0.25, 0.3) is 0 Å². The van der Waals surface area contributed by atoms with Gasteiger partial charge in [-0.1, -0.05) is 18.2 Å². The third-order valence-electron chi connectivity index (χ3n) is 5.40. The molecular formula is C21H30N4O3. The van der Waals surface area contributed by atoms with Crippen LogP contribution in [0.3, 0.4) is 0 Å². The van der Waals surface area contributed by atoms with Crippen molar-refractivity contribution in [3.05, 3.63) is 47.3 Å². The van der Waals surface area contributed by atoms with Crippen molar-refractivity contribution in [3.63, 3.8) is 0 Å². The van der Waals surface area contributed by atoms with Crippen LogP contribution < -0.4 is 0 Å². The van der Waals surface area contributed by atoms with Crippen LogP contribution in [0.2, 0.25) is 0 Å². The van der Waals surface area contributed by atoms with Gasteiger partial charge in [0.2, 0.25) is 0 Å². The Balaban J connectivity index is 1.80. The van der Waals surface area contributed by atoms with Crippen molar-refractivity contribution >= 4 is 5.91 Å². The summed E-state index contributed by atoms with van der Waals surface area (Å²) in [6, 6.07) is 7.90. The standard InChI is InChI=1S/C21H30N4O3/c1-15-9-10-17(25-22-13-19(23-25)21(2,3)27)14-24(15)20(26)18-8-6-5-7-16(18)11-12-28-4/h5-8,13,15,17,27H,9-12,14H2,1-4H3/t15-,17-/m1/s1. The number of amides is 1. The van der Waals surface area contributed by atoms with Crippen molar-refractivity contribution in [2.24, 2.45) is 0 Å². The first-order chi connectivity index (χ1) is 13.3. The molecule has 152 valence electrons. The highest BCUT2D eigenvalue weighted by molar-refractivity contribution is 5.96. The fourth-order valence-corrected chi connectivity index (χ4v) is 3.61. The van der Waals surface area contributed by atoms with Crippen LogP contribution in [0.5, 0.6) is 0 Å². The van der Waals surface area contributed by atoms with Gasteiger partial charge >= 0.3 is 0 Å². The SMILES string of the molecule is COCCc1ccccc1C(=O)N1C[C@H](n2ncc(C(C)(C)O)n2)CC[C@H]1C. The molecule has 0 saturated carbocycles. The number of piperidine rings is 1. The normalized spacial score (nSPS) is 20.4. The van der Waals surface area contributed by atoms with Crippen LogP contribution >= 0.6 is 0 Å². The van der Waals surface area contributed by atoms with Gasteiger partial charge in [0.15, 0.2) is 0 Å². The first kappa shape index (κ1) is 20.5. The Labute approximate surface area is 166 Å². The number of aliphatic hydroxyl groups is 1. The van der Waals surface area contributed by atoms with Crippen molar-refractivity contribution in [1.29, 1.82) is 0 Å². The summed E-state index contributed by atoms with van der Waals surface area (Å²) in [4.78, 5) is 16.9. The quantitative estimate of drug-likeness (QED) is 0.825. The van der Waals surface area contributed by atoms with E-state index in [-0.39, 0.29) is 18.0 Å². The molecule has 0 spiro atoms. The van der Waals surface area contributed by atoms with Gasteiger partial charge in [-0.15, -0.1) is 0 Å². The zero-order chi connectivity index (χ0) is 20.3. The number of ether oxygens (including phenoxy) is 1. The van der Waals surface area contributed by atoms with Gasteiger partial charge in [0.1, 0.15) is 11.3 Å². The summed E-state index contributed by atoms with van der Waals surface area (Å²) in [5, 5.41) is 18.9. The average molecular weight is 386 g/mol. The number of hydrogen-bond acceptors (Lipinski definition) is 5. The number of nitrogens with zero attached hydrogens (tertiary/aromatic N) is 4. The molecule has 0 aliphatic carbocycles. The molecule has 1 aromatic heterocycles. The lowest BCUT2D eigenvalue weighted by Gasteiger charge is -2.38. The maximum atomic E-state index is 13.3. The zero-order valence-electron chi connectivity index (χ0n) is 17.1. The Morgan fingerprint density at radius 1 is 1.32 bits per heavy atom. The largest absolute Gasteiger partial charge is 0.384 e. The molecular weight excluding hydrogens is 356 g/mol. The lowest BCUT2D eigenvalue weighted by molar-refractivity contribution is 0.0532. The van der Waals surface area contributed by atoms with Gasteiger partial charge in [0.05, 0.1) is 18.8 Å². The van der Waals surface area contributed by atoms with E-state index < -0.39 is 5.60 Å². The van der Waals surface area contributed by atoms with Crippen molar-refractivity contribution in [1.82, 2.24) is 19.9 Å². The lowest BCUT2D eigenvalue weighted by atomic mass is 9.97. The molecule has 1 amide bonds. The summed E-state index contributed by atoms with van der Waals surface area (Å²) in [6.07, 6.45) is 4.09. The number of hydrogen-bond donors (Lipinski definition) is 1. The molecule has 1 aromatic carbocycles. The van der Waals surface area contributed by atoms with Gasteiger partial charge in [-0.05, 0) is 51.7 Å². The van der Waals surface area contributed by atoms with Crippen molar-refractivity contribution in [3.8, 4) is 0 Å². The van der Waals surface area contributed by atoms with Gasteiger partial charge in [-0.2, -0.15) is 15.0 Å². The maximum absolute atomic E-state index is 13.3. The Bertz CT molecular complexity index is 812. The second kappa shape index (κ2) is 8.41. The van der Waals surface area contributed by atoms with Crippen molar-refractivity contribution in [2.75, 3.05) is 20.3 Å². The summed E-state index contributed by atoms with van der Waals surface area (Å²) in [6.45, 7) is 6.61. The molecule has 2 aromatic rings. The fraction of sp³-hybridized carbons (Fsp3) is 0.571. The van der Waals surface area contributed by atoms with E-state index in [9.17, 15) is 9.90 Å². The monoisotopic (exact) mass is 386 g/mol. The molecule has 1 aliphatic rings. The second-order valence-electron chi connectivity index (χ2n) is 8.05. The minimum atomic E-state index is -1.03. The third-order valence-corrected chi connectivity index (χ3v) is 5.40. The number of methoxy groups -OCH3 is 1. The van der Waals surface area contributed by atoms with Gasteiger partial charge in [-0.3, -0.25) is 4.79 Å². The van der Waals surface area contributed by atoms with Crippen molar-refractivity contribution in [2.45, 2.75) is 57.7 Å². The molecule has 1 saturated heterocycles. The second-order valence-corrected chi connectivity index (χ2v) is 8.05. The van der Waals surface area contributed by atoms with E-state index in [1.807, 2.05) is 29.2 Å².